The first-order valence-corrected chi connectivity index (χ1v) is 8.62. The first kappa shape index (κ1) is 16.5. The van der Waals surface area contributed by atoms with E-state index in [9.17, 15) is 9.18 Å². The van der Waals surface area contributed by atoms with Crippen LogP contribution < -0.4 is 0 Å². The summed E-state index contributed by atoms with van der Waals surface area (Å²) < 4.78 is 18.7. The highest BCUT2D eigenvalue weighted by atomic mass is 19.1. The monoisotopic (exact) mass is 350 g/mol. The second kappa shape index (κ2) is 6.09. The molecule has 2 heterocycles. The van der Waals surface area contributed by atoms with Crippen LogP contribution in [0.25, 0.3) is 22.6 Å². The Bertz CT molecular complexity index is 990. The highest BCUT2D eigenvalue weighted by molar-refractivity contribution is 5.99. The molecule has 0 bridgehead atoms. The lowest BCUT2D eigenvalue weighted by Crippen LogP contribution is -2.30. The molecule has 26 heavy (non-hydrogen) atoms. The number of amides is 1. The third-order valence-electron chi connectivity index (χ3n) is 4.86. The normalized spacial score (nSPS) is 13.6. The number of carbonyl (C=O) groups excluding carboxylic acids is 1. The van der Waals surface area contributed by atoms with Gasteiger partial charge in [0.25, 0.3) is 5.91 Å². The molecule has 0 atom stereocenters. The summed E-state index contributed by atoms with van der Waals surface area (Å²) in [5.41, 5.74) is 5.03. The zero-order valence-corrected chi connectivity index (χ0v) is 14.9. The van der Waals surface area contributed by atoms with Crippen LogP contribution in [0.5, 0.6) is 0 Å². The Morgan fingerprint density at radius 1 is 1.12 bits per heavy atom. The van der Waals surface area contributed by atoms with E-state index in [1.165, 1.54) is 12.1 Å². The van der Waals surface area contributed by atoms with Gasteiger partial charge in [0.1, 0.15) is 11.5 Å². The maximum atomic E-state index is 13.1. The van der Waals surface area contributed by atoms with Crippen LogP contribution in [0.3, 0.4) is 0 Å². The van der Waals surface area contributed by atoms with Crippen molar-refractivity contribution in [1.29, 1.82) is 0 Å². The standard InChI is InChI=1S/C21H19FN2O2/c1-12(2)24-11-16-10-15(6-9-18(16)21(24)25)20-13(3)19(23-26-20)14-4-7-17(22)8-5-14/h4-10,12H,11H2,1-3H3. The third-order valence-corrected chi connectivity index (χ3v) is 4.86. The molecule has 1 amide bonds. The number of halogens is 1. The number of carbonyl (C=O) groups is 1. The lowest BCUT2D eigenvalue weighted by molar-refractivity contribution is 0.0730. The number of rotatable bonds is 3. The molecule has 0 fully saturated rings. The van der Waals surface area contributed by atoms with E-state index in [0.29, 0.717) is 18.0 Å². The number of aromatic nitrogens is 1. The Morgan fingerprint density at radius 3 is 2.50 bits per heavy atom. The van der Waals surface area contributed by atoms with Gasteiger partial charge in [-0.3, -0.25) is 4.79 Å². The average Bonchev–Trinajstić information content (AvgIpc) is 3.16. The van der Waals surface area contributed by atoms with Gasteiger partial charge in [-0.1, -0.05) is 11.2 Å². The quantitative estimate of drug-likeness (QED) is 0.680. The number of benzene rings is 2. The van der Waals surface area contributed by atoms with Crippen molar-refractivity contribution in [3.63, 3.8) is 0 Å². The molecule has 0 spiro atoms. The zero-order chi connectivity index (χ0) is 18.4. The van der Waals surface area contributed by atoms with Crippen molar-refractivity contribution in [1.82, 2.24) is 10.1 Å². The minimum atomic E-state index is -0.284. The predicted octanol–water partition coefficient (Wildman–Crippen LogP) is 4.82. The summed E-state index contributed by atoms with van der Waals surface area (Å²) in [7, 11) is 0. The molecule has 1 aromatic heterocycles. The van der Waals surface area contributed by atoms with Crippen LogP contribution in [0.1, 0.15) is 35.3 Å². The third kappa shape index (κ3) is 2.60. The average molecular weight is 350 g/mol. The van der Waals surface area contributed by atoms with Gasteiger partial charge < -0.3 is 9.42 Å². The van der Waals surface area contributed by atoms with Crippen molar-refractivity contribution < 1.29 is 13.7 Å². The van der Waals surface area contributed by atoms with Crippen LogP contribution in [-0.4, -0.2) is 22.0 Å². The highest BCUT2D eigenvalue weighted by Gasteiger charge is 2.29. The summed E-state index contributed by atoms with van der Waals surface area (Å²) in [5.74, 6) is 0.457. The summed E-state index contributed by atoms with van der Waals surface area (Å²) in [6, 6.07) is 12.1. The lowest BCUT2D eigenvalue weighted by Gasteiger charge is -2.19. The minimum absolute atomic E-state index is 0.0721. The highest BCUT2D eigenvalue weighted by Crippen LogP contribution is 2.34. The summed E-state index contributed by atoms with van der Waals surface area (Å²) >= 11 is 0. The van der Waals surface area contributed by atoms with E-state index >= 15 is 0 Å². The van der Waals surface area contributed by atoms with Gasteiger partial charge >= 0.3 is 0 Å². The smallest absolute Gasteiger partial charge is 0.254 e. The first-order chi connectivity index (χ1) is 12.5. The van der Waals surface area contributed by atoms with Crippen LogP contribution in [0.4, 0.5) is 4.39 Å². The zero-order valence-electron chi connectivity index (χ0n) is 14.9. The Hall–Kier alpha value is -2.95. The van der Waals surface area contributed by atoms with Crippen molar-refractivity contribution in [3.8, 4) is 22.6 Å². The van der Waals surface area contributed by atoms with Gasteiger partial charge in [-0.2, -0.15) is 0 Å². The summed E-state index contributed by atoms with van der Waals surface area (Å²) in [5, 5.41) is 4.17. The van der Waals surface area contributed by atoms with Gasteiger partial charge in [0.2, 0.25) is 0 Å². The van der Waals surface area contributed by atoms with Gasteiger partial charge in [0.15, 0.2) is 5.76 Å². The maximum absolute atomic E-state index is 13.1. The lowest BCUT2D eigenvalue weighted by atomic mass is 10.0. The molecule has 1 aliphatic heterocycles. The largest absolute Gasteiger partial charge is 0.355 e. The number of hydrogen-bond donors (Lipinski definition) is 0. The Morgan fingerprint density at radius 2 is 1.81 bits per heavy atom. The van der Waals surface area contributed by atoms with Crippen molar-refractivity contribution in [2.45, 2.75) is 33.4 Å². The Kier molecular flexibility index (Phi) is 3.87. The first-order valence-electron chi connectivity index (χ1n) is 8.62. The van der Waals surface area contributed by atoms with Crippen LogP contribution >= 0.6 is 0 Å². The molecule has 5 heteroatoms. The molecular formula is C21H19FN2O2. The van der Waals surface area contributed by atoms with Crippen molar-refractivity contribution in [2.24, 2.45) is 0 Å². The van der Waals surface area contributed by atoms with E-state index < -0.39 is 0 Å². The molecule has 4 nitrogen and oxygen atoms in total. The van der Waals surface area contributed by atoms with Crippen LogP contribution in [-0.2, 0) is 6.54 Å². The molecule has 0 radical (unpaired) electrons. The molecule has 0 aliphatic carbocycles. The fourth-order valence-corrected chi connectivity index (χ4v) is 3.38. The number of nitrogens with zero attached hydrogens (tertiary/aromatic N) is 2. The van der Waals surface area contributed by atoms with Gasteiger partial charge in [-0.25, -0.2) is 4.39 Å². The van der Waals surface area contributed by atoms with Crippen molar-refractivity contribution in [3.05, 3.63) is 65.0 Å². The predicted molar refractivity (Wildman–Crippen MR) is 97.1 cm³/mol. The van der Waals surface area contributed by atoms with E-state index in [0.717, 1.165) is 27.8 Å². The second-order valence-electron chi connectivity index (χ2n) is 6.89. The molecule has 0 N–H and O–H groups in total. The molecule has 0 saturated heterocycles. The van der Waals surface area contributed by atoms with Crippen LogP contribution in [0.2, 0.25) is 0 Å². The molecule has 0 saturated carbocycles. The molecule has 132 valence electrons. The van der Waals surface area contributed by atoms with Gasteiger partial charge in [-0.15, -0.1) is 0 Å². The topological polar surface area (TPSA) is 46.3 Å². The van der Waals surface area contributed by atoms with Gasteiger partial charge in [-0.05, 0) is 62.7 Å². The van der Waals surface area contributed by atoms with Gasteiger partial charge in [0, 0.05) is 34.8 Å². The molecule has 4 rings (SSSR count). The summed E-state index contributed by atoms with van der Waals surface area (Å²) in [6.07, 6.45) is 0. The molecule has 2 aromatic carbocycles. The summed E-state index contributed by atoms with van der Waals surface area (Å²) in [6.45, 7) is 6.57. The second-order valence-corrected chi connectivity index (χ2v) is 6.89. The van der Waals surface area contributed by atoms with Crippen LogP contribution in [0.15, 0.2) is 47.0 Å². The number of fused-ring (bicyclic) bond motifs is 1. The Balaban J connectivity index is 1.71. The minimum Gasteiger partial charge on any atom is -0.355 e. The van der Waals surface area contributed by atoms with Crippen molar-refractivity contribution in [2.75, 3.05) is 0 Å². The van der Waals surface area contributed by atoms with Crippen molar-refractivity contribution >= 4 is 5.91 Å². The maximum Gasteiger partial charge on any atom is 0.254 e. The fourth-order valence-electron chi connectivity index (χ4n) is 3.38. The van der Waals surface area contributed by atoms with E-state index in [4.69, 9.17) is 4.52 Å². The molecule has 3 aromatic rings. The van der Waals surface area contributed by atoms with E-state index in [1.807, 2.05) is 43.9 Å². The summed E-state index contributed by atoms with van der Waals surface area (Å²) in [4.78, 5) is 14.3. The molecule has 0 unspecified atom stereocenters. The molecule has 1 aliphatic rings. The number of hydrogen-bond acceptors (Lipinski definition) is 3. The van der Waals surface area contributed by atoms with E-state index in [1.54, 1.807) is 12.1 Å². The van der Waals surface area contributed by atoms with E-state index in [-0.39, 0.29) is 17.8 Å². The van der Waals surface area contributed by atoms with Gasteiger partial charge in [0.05, 0.1) is 0 Å². The SMILES string of the molecule is Cc1c(-c2ccc(F)cc2)noc1-c1ccc2c(c1)CN(C(C)C)C2=O. The van der Waals surface area contributed by atoms with E-state index in [2.05, 4.69) is 5.16 Å². The Labute approximate surface area is 151 Å². The molecular weight excluding hydrogens is 331 g/mol. The fraction of sp³-hybridized carbons (Fsp3) is 0.238. The van der Waals surface area contributed by atoms with Crippen LogP contribution in [0, 0.1) is 12.7 Å².